The molecule has 0 saturated heterocycles. The Kier molecular flexibility index (Phi) is 4.26. The molecule has 1 aromatic heterocycles. The lowest BCUT2D eigenvalue weighted by molar-refractivity contribution is 0.0917. The molecule has 0 unspecified atom stereocenters. The number of carbonyl (C=O) groups is 1. The van der Waals surface area contributed by atoms with Gasteiger partial charge in [-0.15, -0.1) is 0 Å². The van der Waals surface area contributed by atoms with E-state index >= 15 is 0 Å². The Morgan fingerprint density at radius 2 is 1.82 bits per heavy atom. The van der Waals surface area contributed by atoms with E-state index in [2.05, 4.69) is 4.98 Å². The third-order valence-corrected chi connectivity index (χ3v) is 3.59. The number of ketones is 1. The maximum Gasteiger partial charge on any atom is 0.216 e. The standard InChI is InChI=1S/C18H14ClNO2/c19-15-11-14(13-5-2-1-3-6-13)8-9-18(15)22-12-17(21)16-7-4-10-20-16/h1-11,20H,12H2. The van der Waals surface area contributed by atoms with E-state index in [-0.39, 0.29) is 12.4 Å². The molecule has 0 spiro atoms. The highest BCUT2D eigenvalue weighted by Crippen LogP contribution is 2.30. The van der Waals surface area contributed by atoms with E-state index in [0.29, 0.717) is 16.5 Å². The molecule has 3 rings (SSSR count). The van der Waals surface area contributed by atoms with Crippen molar-refractivity contribution >= 4 is 17.4 Å². The number of halogens is 1. The quantitative estimate of drug-likeness (QED) is 0.700. The van der Waals surface area contributed by atoms with Gasteiger partial charge in [0.1, 0.15) is 5.75 Å². The number of hydrogen-bond acceptors (Lipinski definition) is 2. The molecule has 0 aliphatic heterocycles. The van der Waals surface area contributed by atoms with Crippen LogP contribution in [0.4, 0.5) is 0 Å². The Bertz CT molecular complexity index is 767. The number of ether oxygens (including phenoxy) is 1. The van der Waals surface area contributed by atoms with Crippen molar-refractivity contribution in [2.45, 2.75) is 0 Å². The van der Waals surface area contributed by atoms with Crippen LogP contribution in [0.1, 0.15) is 10.5 Å². The van der Waals surface area contributed by atoms with Crippen molar-refractivity contribution in [2.75, 3.05) is 6.61 Å². The molecule has 0 fully saturated rings. The van der Waals surface area contributed by atoms with Gasteiger partial charge in [-0.25, -0.2) is 0 Å². The van der Waals surface area contributed by atoms with Crippen LogP contribution in [-0.2, 0) is 0 Å². The SMILES string of the molecule is O=C(COc1ccc(-c2ccccc2)cc1Cl)c1ccc[nH]1. The first-order valence-electron chi connectivity index (χ1n) is 6.88. The third kappa shape index (κ3) is 3.21. The molecule has 110 valence electrons. The molecule has 0 amide bonds. The molecule has 0 aliphatic carbocycles. The first kappa shape index (κ1) is 14.4. The van der Waals surface area contributed by atoms with Gasteiger partial charge in [-0.2, -0.15) is 0 Å². The molecule has 2 aromatic carbocycles. The summed E-state index contributed by atoms with van der Waals surface area (Å²) in [4.78, 5) is 14.7. The summed E-state index contributed by atoms with van der Waals surface area (Å²) < 4.78 is 5.51. The summed E-state index contributed by atoms with van der Waals surface area (Å²) in [6.45, 7) is -0.0507. The van der Waals surface area contributed by atoms with E-state index in [0.717, 1.165) is 11.1 Å². The fraction of sp³-hybridized carbons (Fsp3) is 0.0556. The Morgan fingerprint density at radius 1 is 1.00 bits per heavy atom. The van der Waals surface area contributed by atoms with E-state index in [1.54, 1.807) is 24.4 Å². The summed E-state index contributed by atoms with van der Waals surface area (Å²) in [5.41, 5.74) is 2.61. The lowest BCUT2D eigenvalue weighted by Gasteiger charge is -2.09. The topological polar surface area (TPSA) is 42.1 Å². The zero-order chi connectivity index (χ0) is 15.4. The van der Waals surface area contributed by atoms with Crippen LogP contribution in [0.2, 0.25) is 5.02 Å². The Morgan fingerprint density at radius 3 is 2.50 bits per heavy atom. The van der Waals surface area contributed by atoms with Gasteiger partial charge in [-0.05, 0) is 35.4 Å². The number of aromatic amines is 1. The molecule has 3 aromatic rings. The minimum absolute atomic E-state index is 0.0507. The number of H-pyrrole nitrogens is 1. The minimum atomic E-state index is -0.117. The summed E-state index contributed by atoms with van der Waals surface area (Å²) in [6.07, 6.45) is 1.70. The van der Waals surface area contributed by atoms with Crippen molar-refractivity contribution in [3.8, 4) is 16.9 Å². The third-order valence-electron chi connectivity index (χ3n) is 3.30. The van der Waals surface area contributed by atoms with E-state index < -0.39 is 0 Å². The van der Waals surface area contributed by atoms with Crippen LogP contribution in [0.15, 0.2) is 66.9 Å². The molecular formula is C18H14ClNO2. The monoisotopic (exact) mass is 311 g/mol. The fourth-order valence-corrected chi connectivity index (χ4v) is 2.39. The van der Waals surface area contributed by atoms with Gasteiger partial charge in [0.15, 0.2) is 6.61 Å². The predicted molar refractivity (Wildman–Crippen MR) is 87.5 cm³/mol. The van der Waals surface area contributed by atoms with Crippen molar-refractivity contribution in [3.63, 3.8) is 0 Å². The number of nitrogens with one attached hydrogen (secondary N) is 1. The number of aromatic nitrogens is 1. The number of carbonyl (C=O) groups excluding carboxylic acids is 1. The normalized spacial score (nSPS) is 10.4. The van der Waals surface area contributed by atoms with Gasteiger partial charge in [0.25, 0.3) is 0 Å². The fourth-order valence-electron chi connectivity index (χ4n) is 2.15. The molecule has 4 heteroatoms. The van der Waals surface area contributed by atoms with Crippen LogP contribution in [0.5, 0.6) is 5.75 Å². The molecule has 1 heterocycles. The van der Waals surface area contributed by atoms with Gasteiger partial charge in [-0.1, -0.05) is 48.0 Å². The molecule has 22 heavy (non-hydrogen) atoms. The number of hydrogen-bond donors (Lipinski definition) is 1. The van der Waals surface area contributed by atoms with Gasteiger partial charge >= 0.3 is 0 Å². The highest BCUT2D eigenvalue weighted by Gasteiger charge is 2.10. The lowest BCUT2D eigenvalue weighted by Crippen LogP contribution is -2.12. The van der Waals surface area contributed by atoms with Gasteiger partial charge < -0.3 is 9.72 Å². The number of Topliss-reactive ketones (excluding diaryl/α,β-unsaturated/α-hetero) is 1. The minimum Gasteiger partial charge on any atom is -0.484 e. The smallest absolute Gasteiger partial charge is 0.216 e. The molecule has 0 aliphatic rings. The molecule has 1 N–H and O–H groups in total. The molecule has 0 atom stereocenters. The van der Waals surface area contributed by atoms with Crippen molar-refractivity contribution < 1.29 is 9.53 Å². The van der Waals surface area contributed by atoms with Crippen LogP contribution in [0, 0.1) is 0 Å². The Hall–Kier alpha value is -2.52. The van der Waals surface area contributed by atoms with Crippen molar-refractivity contribution in [1.82, 2.24) is 4.98 Å². The second kappa shape index (κ2) is 6.50. The largest absolute Gasteiger partial charge is 0.484 e. The van der Waals surface area contributed by atoms with Crippen molar-refractivity contribution in [3.05, 3.63) is 77.6 Å². The predicted octanol–water partition coefficient (Wildman–Crippen LogP) is 4.60. The van der Waals surface area contributed by atoms with Crippen LogP contribution in [0.3, 0.4) is 0 Å². The molecule has 0 radical (unpaired) electrons. The first-order valence-corrected chi connectivity index (χ1v) is 7.26. The van der Waals surface area contributed by atoms with Crippen LogP contribution >= 0.6 is 11.6 Å². The van der Waals surface area contributed by atoms with Gasteiger partial charge in [0.2, 0.25) is 5.78 Å². The zero-order valence-corrected chi connectivity index (χ0v) is 12.5. The van der Waals surface area contributed by atoms with Crippen LogP contribution in [0.25, 0.3) is 11.1 Å². The Balaban J connectivity index is 1.72. The van der Waals surface area contributed by atoms with Gasteiger partial charge in [0, 0.05) is 6.20 Å². The second-order valence-electron chi connectivity index (χ2n) is 4.81. The van der Waals surface area contributed by atoms with Crippen LogP contribution < -0.4 is 4.74 Å². The van der Waals surface area contributed by atoms with E-state index in [9.17, 15) is 4.79 Å². The summed E-state index contributed by atoms with van der Waals surface area (Å²) in [5.74, 6) is 0.384. The van der Waals surface area contributed by atoms with E-state index in [1.165, 1.54) is 0 Å². The molecule has 0 saturated carbocycles. The van der Waals surface area contributed by atoms with Crippen molar-refractivity contribution in [1.29, 1.82) is 0 Å². The summed E-state index contributed by atoms with van der Waals surface area (Å²) in [5, 5.41) is 0.487. The summed E-state index contributed by atoms with van der Waals surface area (Å²) >= 11 is 6.24. The maximum absolute atomic E-state index is 11.9. The highest BCUT2D eigenvalue weighted by molar-refractivity contribution is 6.32. The summed E-state index contributed by atoms with van der Waals surface area (Å²) in [7, 11) is 0. The summed E-state index contributed by atoms with van der Waals surface area (Å²) in [6, 6.07) is 19.0. The van der Waals surface area contributed by atoms with Crippen LogP contribution in [-0.4, -0.2) is 17.4 Å². The number of rotatable bonds is 5. The maximum atomic E-state index is 11.9. The highest BCUT2D eigenvalue weighted by atomic mass is 35.5. The average molecular weight is 312 g/mol. The zero-order valence-electron chi connectivity index (χ0n) is 11.8. The van der Waals surface area contributed by atoms with Gasteiger partial charge in [-0.3, -0.25) is 4.79 Å². The van der Waals surface area contributed by atoms with Gasteiger partial charge in [0.05, 0.1) is 10.7 Å². The van der Waals surface area contributed by atoms with Crippen molar-refractivity contribution in [2.24, 2.45) is 0 Å². The Labute approximate surface area is 133 Å². The molecule has 3 nitrogen and oxygen atoms in total. The first-order chi connectivity index (χ1) is 10.7. The lowest BCUT2D eigenvalue weighted by atomic mass is 10.1. The molecule has 0 bridgehead atoms. The second-order valence-corrected chi connectivity index (χ2v) is 5.21. The van der Waals surface area contributed by atoms with E-state index in [4.69, 9.17) is 16.3 Å². The average Bonchev–Trinajstić information content (AvgIpc) is 3.09. The van der Waals surface area contributed by atoms with E-state index in [1.807, 2.05) is 42.5 Å². The molecular weight excluding hydrogens is 298 g/mol. The number of benzene rings is 2.